The van der Waals surface area contributed by atoms with E-state index in [9.17, 15) is 12.8 Å². The van der Waals surface area contributed by atoms with Gasteiger partial charge in [0, 0.05) is 16.9 Å². The molecule has 0 bridgehead atoms. The number of nitrogens with zero attached hydrogens (tertiary/aromatic N) is 2. The van der Waals surface area contributed by atoms with Gasteiger partial charge >= 0.3 is 0 Å². The van der Waals surface area contributed by atoms with Crippen molar-refractivity contribution in [2.45, 2.75) is 11.8 Å². The van der Waals surface area contributed by atoms with Crippen molar-refractivity contribution in [1.82, 2.24) is 0 Å². The van der Waals surface area contributed by atoms with E-state index in [4.69, 9.17) is 16.9 Å². The van der Waals surface area contributed by atoms with Crippen molar-refractivity contribution in [2.75, 3.05) is 4.90 Å². The minimum Gasteiger partial charge on any atom is -0.314 e. The first-order chi connectivity index (χ1) is 10.8. The summed E-state index contributed by atoms with van der Waals surface area (Å²) in [5, 5.41) is 9.63. The maximum atomic E-state index is 13.6. The zero-order valence-electron chi connectivity index (χ0n) is 11.9. The van der Waals surface area contributed by atoms with E-state index < -0.39 is 20.6 Å². The van der Waals surface area contributed by atoms with Crippen LogP contribution < -0.4 is 4.90 Å². The average Bonchev–Trinajstić information content (AvgIpc) is 2.50. The average molecular weight is 349 g/mol. The van der Waals surface area contributed by atoms with Gasteiger partial charge in [0.15, 0.2) is 4.91 Å². The number of anilines is 2. The van der Waals surface area contributed by atoms with Gasteiger partial charge in [-0.2, -0.15) is 5.26 Å². The number of halogens is 2. The number of hydrogen-bond donors (Lipinski definition) is 0. The molecule has 3 rings (SSSR count). The van der Waals surface area contributed by atoms with Crippen LogP contribution in [-0.4, -0.2) is 8.42 Å². The third-order valence-corrected chi connectivity index (χ3v) is 5.66. The zero-order valence-corrected chi connectivity index (χ0v) is 13.5. The Bertz CT molecular complexity index is 994. The molecule has 0 amide bonds. The molecule has 0 saturated heterocycles. The Balaban J connectivity index is 2.30. The largest absolute Gasteiger partial charge is 0.314 e. The molecule has 0 N–H and O–H groups in total. The van der Waals surface area contributed by atoms with Gasteiger partial charge < -0.3 is 4.90 Å². The SMILES string of the molecule is Cc1ccc(N2C=C(C#N)S(=O)(=O)c3ccc(F)cc32)cc1Cl. The molecule has 0 unspecified atom stereocenters. The summed E-state index contributed by atoms with van der Waals surface area (Å²) in [5.41, 5.74) is 1.53. The summed E-state index contributed by atoms with van der Waals surface area (Å²) in [6.07, 6.45) is 1.18. The molecule has 0 spiro atoms. The van der Waals surface area contributed by atoms with E-state index in [0.29, 0.717) is 10.7 Å². The van der Waals surface area contributed by atoms with Gasteiger partial charge in [0.05, 0.1) is 10.6 Å². The van der Waals surface area contributed by atoms with Crippen LogP contribution in [0.4, 0.5) is 15.8 Å². The molecule has 7 heteroatoms. The monoisotopic (exact) mass is 348 g/mol. The summed E-state index contributed by atoms with van der Waals surface area (Å²) in [7, 11) is -3.95. The maximum absolute atomic E-state index is 13.6. The molecule has 0 aromatic heterocycles. The fourth-order valence-electron chi connectivity index (χ4n) is 2.31. The highest BCUT2D eigenvalue weighted by Crippen LogP contribution is 2.40. The van der Waals surface area contributed by atoms with E-state index in [1.54, 1.807) is 24.3 Å². The summed E-state index contributed by atoms with van der Waals surface area (Å²) in [6.45, 7) is 1.83. The highest BCUT2D eigenvalue weighted by atomic mass is 35.5. The highest BCUT2D eigenvalue weighted by molar-refractivity contribution is 7.95. The van der Waals surface area contributed by atoms with Crippen molar-refractivity contribution in [2.24, 2.45) is 0 Å². The van der Waals surface area contributed by atoms with E-state index in [2.05, 4.69) is 0 Å². The summed E-state index contributed by atoms with van der Waals surface area (Å²) in [4.78, 5) is 0.923. The Hall–Kier alpha value is -2.36. The number of rotatable bonds is 1. The van der Waals surface area contributed by atoms with Gasteiger partial charge in [0.25, 0.3) is 0 Å². The molecule has 4 nitrogen and oxygen atoms in total. The number of hydrogen-bond acceptors (Lipinski definition) is 4. The van der Waals surface area contributed by atoms with Crippen LogP contribution in [0, 0.1) is 24.1 Å². The number of nitriles is 1. The topological polar surface area (TPSA) is 61.2 Å². The Morgan fingerprint density at radius 1 is 1.22 bits per heavy atom. The molecule has 116 valence electrons. The van der Waals surface area contributed by atoms with Crippen molar-refractivity contribution in [3.05, 3.63) is 63.9 Å². The zero-order chi connectivity index (χ0) is 16.8. The van der Waals surface area contributed by atoms with Crippen LogP contribution in [0.5, 0.6) is 0 Å². The molecule has 0 fully saturated rings. The molecular formula is C16H10ClFN2O2S. The van der Waals surface area contributed by atoms with Crippen LogP contribution in [0.25, 0.3) is 0 Å². The molecule has 1 aliphatic heterocycles. The first-order valence-corrected chi connectivity index (χ1v) is 8.42. The van der Waals surface area contributed by atoms with Gasteiger partial charge in [-0.3, -0.25) is 0 Å². The second kappa shape index (κ2) is 5.37. The number of allylic oxidation sites excluding steroid dienone is 1. The second-order valence-corrected chi connectivity index (χ2v) is 7.32. The van der Waals surface area contributed by atoms with Crippen molar-refractivity contribution in [3.63, 3.8) is 0 Å². The molecule has 0 atom stereocenters. The first kappa shape index (κ1) is 15.5. The minimum atomic E-state index is -3.95. The predicted octanol–water partition coefficient (Wildman–Crippen LogP) is 4.08. The molecule has 2 aromatic carbocycles. The standard InChI is InChI=1S/C16H10ClFN2O2S/c1-10-2-4-12(7-14(10)17)20-9-13(8-19)23(21,22)16-5-3-11(18)6-15(16)20/h2-7,9H,1H3. The van der Waals surface area contributed by atoms with Crippen LogP contribution in [0.2, 0.25) is 5.02 Å². The van der Waals surface area contributed by atoms with E-state index in [1.165, 1.54) is 11.1 Å². The van der Waals surface area contributed by atoms with Gasteiger partial charge in [0.1, 0.15) is 11.9 Å². The van der Waals surface area contributed by atoms with Gasteiger partial charge in [0.2, 0.25) is 9.84 Å². The quantitative estimate of drug-likeness (QED) is 0.728. The molecule has 0 saturated carbocycles. The highest BCUT2D eigenvalue weighted by Gasteiger charge is 2.32. The number of sulfone groups is 1. The second-order valence-electron chi connectivity index (χ2n) is 5.02. The van der Waals surface area contributed by atoms with Crippen molar-refractivity contribution >= 4 is 32.8 Å². The van der Waals surface area contributed by atoms with Gasteiger partial charge in [-0.05, 0) is 42.8 Å². The van der Waals surface area contributed by atoms with Crippen molar-refractivity contribution in [1.29, 1.82) is 5.26 Å². The lowest BCUT2D eigenvalue weighted by Gasteiger charge is -2.27. The number of benzene rings is 2. The number of aryl methyl sites for hydroxylation is 1. The van der Waals surface area contributed by atoms with E-state index in [0.717, 1.165) is 23.8 Å². The predicted molar refractivity (Wildman–Crippen MR) is 85.6 cm³/mol. The van der Waals surface area contributed by atoms with Crippen molar-refractivity contribution in [3.8, 4) is 6.07 Å². The maximum Gasteiger partial charge on any atom is 0.220 e. The molecule has 1 heterocycles. The fraction of sp³-hybridized carbons (Fsp3) is 0.0625. The van der Waals surface area contributed by atoms with Crippen LogP contribution in [0.1, 0.15) is 5.56 Å². The van der Waals surface area contributed by atoms with Gasteiger partial charge in [-0.1, -0.05) is 17.7 Å². The van der Waals surface area contributed by atoms with Crippen LogP contribution in [-0.2, 0) is 9.84 Å². The van der Waals surface area contributed by atoms with Crippen LogP contribution in [0.3, 0.4) is 0 Å². The Morgan fingerprint density at radius 3 is 2.61 bits per heavy atom. The smallest absolute Gasteiger partial charge is 0.220 e. The Morgan fingerprint density at radius 2 is 1.96 bits per heavy atom. The normalized spacial score (nSPS) is 15.6. The van der Waals surface area contributed by atoms with Crippen LogP contribution >= 0.6 is 11.6 Å². The first-order valence-electron chi connectivity index (χ1n) is 6.56. The van der Waals surface area contributed by atoms with E-state index >= 15 is 0 Å². The van der Waals surface area contributed by atoms with E-state index in [1.807, 2.05) is 6.92 Å². The summed E-state index contributed by atoms with van der Waals surface area (Å²) in [6, 6.07) is 10.1. The lowest BCUT2D eigenvalue weighted by molar-refractivity contribution is 0.600. The fourth-order valence-corrected chi connectivity index (χ4v) is 3.77. The summed E-state index contributed by atoms with van der Waals surface area (Å²) < 4.78 is 38.4. The van der Waals surface area contributed by atoms with Crippen molar-refractivity contribution < 1.29 is 12.8 Å². The van der Waals surface area contributed by atoms with Crippen LogP contribution in [0.15, 0.2) is 52.4 Å². The number of fused-ring (bicyclic) bond motifs is 1. The molecule has 2 aromatic rings. The third kappa shape index (κ3) is 2.48. The molecule has 1 aliphatic rings. The lowest BCUT2D eigenvalue weighted by atomic mass is 10.2. The summed E-state index contributed by atoms with van der Waals surface area (Å²) in [5.74, 6) is -0.573. The van der Waals surface area contributed by atoms with E-state index in [-0.39, 0.29) is 10.6 Å². The van der Waals surface area contributed by atoms with Gasteiger partial charge in [-0.15, -0.1) is 0 Å². The van der Waals surface area contributed by atoms with Gasteiger partial charge in [-0.25, -0.2) is 12.8 Å². The molecule has 0 radical (unpaired) electrons. The Labute approximate surface area is 137 Å². The minimum absolute atomic E-state index is 0.116. The molecule has 0 aliphatic carbocycles. The third-order valence-electron chi connectivity index (χ3n) is 3.55. The Kier molecular flexibility index (Phi) is 3.63. The lowest BCUT2D eigenvalue weighted by Crippen LogP contribution is -2.21. The molecular weight excluding hydrogens is 339 g/mol. The molecule has 23 heavy (non-hydrogen) atoms. The summed E-state index contributed by atoms with van der Waals surface area (Å²) >= 11 is 6.11.